The first kappa shape index (κ1) is 9.33. The molecule has 1 aromatic heterocycles. The van der Waals surface area contributed by atoms with E-state index in [4.69, 9.17) is 0 Å². The minimum atomic E-state index is -0.568. The Morgan fingerprint density at radius 1 is 1.13 bits per heavy atom. The Bertz CT molecular complexity index is 465. The van der Waals surface area contributed by atoms with Crippen LogP contribution in [-0.2, 0) is 0 Å². The standard InChI is InChI=1S/C11H8O4/c12-8-6-15-11(14)9(8)10(13)7-4-2-1-3-5-7/h1-6,12,14H. The van der Waals surface area contributed by atoms with E-state index in [0.29, 0.717) is 5.56 Å². The molecule has 0 aliphatic rings. The van der Waals surface area contributed by atoms with Crippen LogP contribution in [0, 0.1) is 0 Å². The van der Waals surface area contributed by atoms with E-state index < -0.39 is 11.7 Å². The van der Waals surface area contributed by atoms with Crippen molar-refractivity contribution in [1.82, 2.24) is 0 Å². The molecular formula is C11H8O4. The molecule has 0 unspecified atom stereocenters. The molecule has 4 nitrogen and oxygen atoms in total. The fraction of sp³-hybridized carbons (Fsp3) is 0. The average Bonchev–Trinajstić information content (AvgIpc) is 2.59. The van der Waals surface area contributed by atoms with Crippen LogP contribution in [0.5, 0.6) is 11.7 Å². The maximum absolute atomic E-state index is 11.8. The summed E-state index contributed by atoms with van der Waals surface area (Å²) in [6, 6.07) is 8.34. The van der Waals surface area contributed by atoms with Crippen LogP contribution in [0.1, 0.15) is 15.9 Å². The minimum absolute atomic E-state index is 0.207. The molecule has 76 valence electrons. The third-order valence-corrected chi connectivity index (χ3v) is 2.02. The zero-order chi connectivity index (χ0) is 10.8. The summed E-state index contributed by atoms with van der Waals surface area (Å²) in [5.74, 6) is -1.40. The summed E-state index contributed by atoms with van der Waals surface area (Å²) < 4.78 is 4.52. The number of furan rings is 1. The van der Waals surface area contributed by atoms with Crippen LogP contribution in [0.25, 0.3) is 0 Å². The van der Waals surface area contributed by atoms with Gasteiger partial charge in [-0.05, 0) is 0 Å². The number of carbonyl (C=O) groups is 1. The predicted octanol–water partition coefficient (Wildman–Crippen LogP) is 1.92. The molecule has 0 aliphatic carbocycles. The molecule has 0 saturated carbocycles. The number of aromatic hydroxyl groups is 2. The van der Waals surface area contributed by atoms with Gasteiger partial charge in [0.05, 0.1) is 0 Å². The Morgan fingerprint density at radius 2 is 1.80 bits per heavy atom. The summed E-state index contributed by atoms with van der Waals surface area (Å²) in [4.78, 5) is 11.8. The first-order valence-electron chi connectivity index (χ1n) is 4.29. The molecule has 1 heterocycles. The maximum atomic E-state index is 11.8. The molecule has 0 spiro atoms. The highest BCUT2D eigenvalue weighted by Crippen LogP contribution is 2.30. The van der Waals surface area contributed by atoms with Crippen LogP contribution in [0.2, 0.25) is 0 Å². The molecule has 0 amide bonds. The zero-order valence-electron chi connectivity index (χ0n) is 7.68. The van der Waals surface area contributed by atoms with Gasteiger partial charge in [-0.2, -0.15) is 0 Å². The van der Waals surface area contributed by atoms with Crippen molar-refractivity contribution >= 4 is 5.78 Å². The highest BCUT2D eigenvalue weighted by Gasteiger charge is 2.21. The van der Waals surface area contributed by atoms with E-state index in [0.717, 1.165) is 6.26 Å². The number of rotatable bonds is 2. The van der Waals surface area contributed by atoms with Crippen LogP contribution in [0.3, 0.4) is 0 Å². The lowest BCUT2D eigenvalue weighted by molar-refractivity contribution is 0.103. The van der Waals surface area contributed by atoms with Crippen LogP contribution in [0.4, 0.5) is 0 Å². The number of hydrogen-bond donors (Lipinski definition) is 2. The van der Waals surface area contributed by atoms with Gasteiger partial charge < -0.3 is 14.6 Å². The monoisotopic (exact) mass is 204 g/mol. The quantitative estimate of drug-likeness (QED) is 0.733. The van der Waals surface area contributed by atoms with Gasteiger partial charge in [-0.25, -0.2) is 0 Å². The third-order valence-electron chi connectivity index (χ3n) is 2.02. The topological polar surface area (TPSA) is 70.7 Å². The molecule has 0 atom stereocenters. The second kappa shape index (κ2) is 3.49. The number of carbonyl (C=O) groups excluding carboxylic acids is 1. The van der Waals surface area contributed by atoms with Crippen molar-refractivity contribution in [2.45, 2.75) is 0 Å². The number of ketones is 1. The normalized spacial score (nSPS) is 10.1. The van der Waals surface area contributed by atoms with Gasteiger partial charge in [0.25, 0.3) is 5.95 Å². The van der Waals surface area contributed by atoms with Crippen LogP contribution in [-0.4, -0.2) is 16.0 Å². The molecule has 2 aromatic rings. The van der Waals surface area contributed by atoms with Crippen molar-refractivity contribution in [3.63, 3.8) is 0 Å². The zero-order valence-corrected chi connectivity index (χ0v) is 7.68. The van der Waals surface area contributed by atoms with Crippen molar-refractivity contribution in [1.29, 1.82) is 0 Å². The van der Waals surface area contributed by atoms with Gasteiger partial charge in [-0.15, -0.1) is 0 Å². The Labute approximate surface area is 85.4 Å². The summed E-state index contributed by atoms with van der Waals surface area (Å²) in [7, 11) is 0. The molecule has 4 heteroatoms. The summed E-state index contributed by atoms with van der Waals surface area (Å²) in [5.41, 5.74) is 0.172. The van der Waals surface area contributed by atoms with Gasteiger partial charge >= 0.3 is 0 Å². The molecule has 0 fully saturated rings. The van der Waals surface area contributed by atoms with Crippen molar-refractivity contribution in [2.75, 3.05) is 0 Å². The van der Waals surface area contributed by atoms with E-state index in [9.17, 15) is 15.0 Å². The number of hydrogen-bond acceptors (Lipinski definition) is 4. The molecule has 0 saturated heterocycles. The Hall–Kier alpha value is -2.23. The molecule has 2 N–H and O–H groups in total. The van der Waals surface area contributed by atoms with Crippen molar-refractivity contribution in [2.24, 2.45) is 0 Å². The largest absolute Gasteiger partial charge is 0.504 e. The van der Waals surface area contributed by atoms with Crippen molar-refractivity contribution in [3.8, 4) is 11.7 Å². The smallest absolute Gasteiger partial charge is 0.297 e. The minimum Gasteiger partial charge on any atom is -0.504 e. The summed E-state index contributed by atoms with van der Waals surface area (Å²) >= 11 is 0. The number of benzene rings is 1. The van der Waals surface area contributed by atoms with Gasteiger partial charge in [-0.1, -0.05) is 30.3 Å². The Kier molecular flexibility index (Phi) is 2.17. The first-order chi connectivity index (χ1) is 7.20. The summed E-state index contributed by atoms with van der Waals surface area (Å²) in [6.45, 7) is 0. The summed E-state index contributed by atoms with van der Waals surface area (Å²) in [6.07, 6.45) is 0.922. The van der Waals surface area contributed by atoms with E-state index in [-0.39, 0.29) is 11.3 Å². The van der Waals surface area contributed by atoms with Gasteiger partial charge in [-0.3, -0.25) is 4.79 Å². The molecule has 0 radical (unpaired) electrons. The van der Waals surface area contributed by atoms with Crippen LogP contribution in [0.15, 0.2) is 41.0 Å². The van der Waals surface area contributed by atoms with Crippen molar-refractivity contribution in [3.05, 3.63) is 47.7 Å². The molecule has 1 aromatic carbocycles. The van der Waals surface area contributed by atoms with E-state index in [2.05, 4.69) is 4.42 Å². The fourth-order valence-electron chi connectivity index (χ4n) is 1.29. The lowest BCUT2D eigenvalue weighted by Gasteiger charge is -1.98. The van der Waals surface area contributed by atoms with Crippen LogP contribution >= 0.6 is 0 Å². The second-order valence-electron chi connectivity index (χ2n) is 3.00. The lowest BCUT2D eigenvalue weighted by atomic mass is 10.1. The van der Waals surface area contributed by atoms with E-state index in [1.54, 1.807) is 30.3 Å². The van der Waals surface area contributed by atoms with E-state index in [1.165, 1.54) is 0 Å². The highest BCUT2D eigenvalue weighted by atomic mass is 16.5. The maximum Gasteiger partial charge on any atom is 0.297 e. The van der Waals surface area contributed by atoms with Crippen LogP contribution < -0.4 is 0 Å². The highest BCUT2D eigenvalue weighted by molar-refractivity contribution is 6.11. The van der Waals surface area contributed by atoms with E-state index in [1.807, 2.05) is 0 Å². The molecule has 0 aliphatic heterocycles. The lowest BCUT2D eigenvalue weighted by Crippen LogP contribution is -1.99. The first-order valence-corrected chi connectivity index (χ1v) is 4.29. The Morgan fingerprint density at radius 3 is 2.33 bits per heavy atom. The molecular weight excluding hydrogens is 196 g/mol. The van der Waals surface area contributed by atoms with E-state index >= 15 is 0 Å². The average molecular weight is 204 g/mol. The van der Waals surface area contributed by atoms with Gasteiger partial charge in [0.15, 0.2) is 5.75 Å². The Balaban J connectivity index is 2.46. The SMILES string of the molecule is O=C(c1ccccc1)c1c(O)coc1O. The van der Waals surface area contributed by atoms with Gasteiger partial charge in [0, 0.05) is 5.56 Å². The summed E-state index contributed by atoms with van der Waals surface area (Å²) in [5, 5.41) is 18.5. The predicted molar refractivity (Wildman–Crippen MR) is 51.9 cm³/mol. The van der Waals surface area contributed by atoms with Gasteiger partial charge in [0.1, 0.15) is 11.8 Å². The molecule has 2 rings (SSSR count). The molecule has 0 bridgehead atoms. The fourth-order valence-corrected chi connectivity index (χ4v) is 1.29. The third kappa shape index (κ3) is 1.57. The molecule has 15 heavy (non-hydrogen) atoms. The second-order valence-corrected chi connectivity index (χ2v) is 3.00. The van der Waals surface area contributed by atoms with Crippen molar-refractivity contribution < 1.29 is 19.4 Å². The van der Waals surface area contributed by atoms with Gasteiger partial charge in [0.2, 0.25) is 5.78 Å².